The second-order valence-electron chi connectivity index (χ2n) is 7.17. The molecule has 0 aliphatic heterocycles. The summed E-state index contributed by atoms with van der Waals surface area (Å²) in [6.07, 6.45) is -0.808. The van der Waals surface area contributed by atoms with Crippen LogP contribution in [0.3, 0.4) is 0 Å². The first-order valence-corrected chi connectivity index (χ1v) is 9.97. The molecule has 0 radical (unpaired) electrons. The lowest BCUT2D eigenvalue weighted by Crippen LogP contribution is -2.38. The fourth-order valence-electron chi connectivity index (χ4n) is 3.17. The van der Waals surface area contributed by atoms with Crippen molar-refractivity contribution < 1.29 is 19.5 Å². The van der Waals surface area contributed by atoms with Crippen molar-refractivity contribution in [3.63, 3.8) is 0 Å². The maximum absolute atomic E-state index is 13.0. The fraction of sp³-hybridized carbons (Fsp3) is 0.160. The number of carbonyl (C=O) groups excluding carboxylic acids is 2. The second-order valence-corrected chi connectivity index (χ2v) is 7.17. The summed E-state index contributed by atoms with van der Waals surface area (Å²) >= 11 is 0. The molecule has 0 saturated heterocycles. The van der Waals surface area contributed by atoms with Crippen LogP contribution in [0.1, 0.15) is 22.3 Å². The molecule has 0 atom stereocenters. The number of nitrogens with zero attached hydrogens (tertiary/aromatic N) is 1. The van der Waals surface area contributed by atoms with Crippen LogP contribution < -0.4 is 5.32 Å². The molecular weight excluding hydrogens is 392 g/mol. The number of imide groups is 1. The Bertz CT molecular complexity index is 965. The molecule has 2 N–H and O–H groups in total. The van der Waals surface area contributed by atoms with Gasteiger partial charge in [-0.3, -0.25) is 14.5 Å². The van der Waals surface area contributed by atoms with E-state index in [1.807, 2.05) is 60.7 Å². The highest BCUT2D eigenvalue weighted by Gasteiger charge is 2.22. The van der Waals surface area contributed by atoms with Gasteiger partial charge in [-0.25, -0.2) is 4.79 Å². The molecule has 3 amide bonds. The molecule has 0 saturated carbocycles. The van der Waals surface area contributed by atoms with Gasteiger partial charge in [-0.05, 0) is 22.3 Å². The van der Waals surface area contributed by atoms with Gasteiger partial charge in [0, 0.05) is 6.54 Å². The molecule has 3 aromatic carbocycles. The molecule has 6 nitrogen and oxygen atoms in total. The number of hydrogen-bond acceptors (Lipinski definition) is 3. The van der Waals surface area contributed by atoms with Crippen LogP contribution in [0.5, 0.6) is 0 Å². The van der Waals surface area contributed by atoms with Crippen LogP contribution in [-0.4, -0.2) is 27.9 Å². The van der Waals surface area contributed by atoms with Gasteiger partial charge in [-0.2, -0.15) is 0 Å². The number of nitrogens with one attached hydrogen (secondary N) is 1. The Morgan fingerprint density at radius 3 is 1.55 bits per heavy atom. The molecule has 0 unspecified atom stereocenters. The fourth-order valence-corrected chi connectivity index (χ4v) is 3.17. The van der Waals surface area contributed by atoms with Crippen molar-refractivity contribution in [1.29, 1.82) is 0 Å². The number of benzene rings is 3. The van der Waals surface area contributed by atoms with Gasteiger partial charge in [-0.15, -0.1) is 0 Å². The zero-order chi connectivity index (χ0) is 22.1. The second kappa shape index (κ2) is 10.7. The minimum absolute atomic E-state index is 0.141. The van der Waals surface area contributed by atoms with E-state index in [1.165, 1.54) is 4.90 Å². The van der Waals surface area contributed by atoms with E-state index in [2.05, 4.69) is 5.32 Å². The minimum atomic E-state index is -1.09. The molecule has 0 aliphatic carbocycles. The lowest BCUT2D eigenvalue weighted by molar-refractivity contribution is -0.144. The molecule has 31 heavy (non-hydrogen) atoms. The van der Waals surface area contributed by atoms with Gasteiger partial charge < -0.3 is 10.4 Å². The zero-order valence-corrected chi connectivity index (χ0v) is 17.0. The Labute approximate surface area is 181 Å². The third-order valence-electron chi connectivity index (χ3n) is 4.81. The molecule has 0 fully saturated rings. The van der Waals surface area contributed by atoms with Crippen LogP contribution in [0.25, 0.3) is 0 Å². The van der Waals surface area contributed by atoms with Crippen molar-refractivity contribution in [2.45, 2.75) is 25.9 Å². The zero-order valence-electron chi connectivity index (χ0n) is 17.0. The van der Waals surface area contributed by atoms with Crippen LogP contribution in [0.4, 0.5) is 4.79 Å². The lowest BCUT2D eigenvalue weighted by Gasteiger charge is -2.21. The molecular formula is C25H24N2O4. The molecule has 0 spiro atoms. The summed E-state index contributed by atoms with van der Waals surface area (Å²) in [5.41, 5.74) is 3.28. The quantitative estimate of drug-likeness (QED) is 0.585. The summed E-state index contributed by atoms with van der Waals surface area (Å²) in [5.74, 6) is -0.521. The molecule has 0 bridgehead atoms. The van der Waals surface area contributed by atoms with Crippen LogP contribution in [0.2, 0.25) is 0 Å². The van der Waals surface area contributed by atoms with E-state index in [4.69, 9.17) is 5.11 Å². The summed E-state index contributed by atoms with van der Waals surface area (Å²) in [5, 5.41) is 11.0. The van der Waals surface area contributed by atoms with Gasteiger partial charge in [-0.1, -0.05) is 84.9 Å². The summed E-state index contributed by atoms with van der Waals surface area (Å²) < 4.78 is 0. The monoisotopic (exact) mass is 416 g/mol. The van der Waals surface area contributed by atoms with Crippen molar-refractivity contribution in [3.8, 4) is 0 Å². The minimum Gasteiger partial charge on any atom is -0.465 e. The number of carbonyl (C=O) groups is 3. The van der Waals surface area contributed by atoms with E-state index in [0.29, 0.717) is 0 Å². The SMILES string of the molecule is O=C(O)NCc1ccc(CN(C(=O)Cc2ccccc2)C(=O)Cc2ccccc2)cc1. The highest BCUT2D eigenvalue weighted by molar-refractivity contribution is 5.97. The average Bonchev–Trinajstić information content (AvgIpc) is 2.78. The topological polar surface area (TPSA) is 86.7 Å². The Morgan fingerprint density at radius 1 is 0.645 bits per heavy atom. The highest BCUT2D eigenvalue weighted by Crippen LogP contribution is 2.13. The number of rotatable bonds is 8. The first-order chi connectivity index (χ1) is 15.0. The van der Waals surface area contributed by atoms with E-state index in [0.717, 1.165) is 22.3 Å². The van der Waals surface area contributed by atoms with Gasteiger partial charge >= 0.3 is 6.09 Å². The van der Waals surface area contributed by atoms with Crippen molar-refractivity contribution in [3.05, 3.63) is 107 Å². The largest absolute Gasteiger partial charge is 0.465 e. The molecule has 6 heteroatoms. The summed E-state index contributed by atoms with van der Waals surface area (Å²) in [6.45, 7) is 0.350. The van der Waals surface area contributed by atoms with Crippen molar-refractivity contribution >= 4 is 17.9 Å². The number of hydrogen-bond donors (Lipinski definition) is 2. The molecule has 158 valence electrons. The smallest absolute Gasteiger partial charge is 0.404 e. The predicted octanol–water partition coefficient (Wildman–Crippen LogP) is 3.79. The predicted molar refractivity (Wildman–Crippen MR) is 117 cm³/mol. The first-order valence-electron chi connectivity index (χ1n) is 9.97. The van der Waals surface area contributed by atoms with Gasteiger partial charge in [0.05, 0.1) is 19.4 Å². The number of carboxylic acid groups (broad SMARTS) is 1. The molecule has 0 aliphatic rings. The summed E-state index contributed by atoms with van der Waals surface area (Å²) in [4.78, 5) is 38.0. The maximum atomic E-state index is 13.0. The third-order valence-corrected chi connectivity index (χ3v) is 4.81. The van der Waals surface area contributed by atoms with E-state index in [-0.39, 0.29) is 37.7 Å². The number of amides is 3. The Balaban J connectivity index is 1.75. The highest BCUT2D eigenvalue weighted by atomic mass is 16.4. The molecule has 3 aromatic rings. The van der Waals surface area contributed by atoms with Crippen molar-refractivity contribution in [2.24, 2.45) is 0 Å². The third kappa shape index (κ3) is 6.82. The van der Waals surface area contributed by atoms with Gasteiger partial charge in [0.2, 0.25) is 11.8 Å². The summed E-state index contributed by atoms with van der Waals surface area (Å²) in [7, 11) is 0. The van der Waals surface area contributed by atoms with Crippen LogP contribution in [0.15, 0.2) is 84.9 Å². The first kappa shape index (κ1) is 21.8. The Hall–Kier alpha value is -3.93. The van der Waals surface area contributed by atoms with E-state index >= 15 is 0 Å². The van der Waals surface area contributed by atoms with E-state index in [9.17, 15) is 14.4 Å². The van der Waals surface area contributed by atoms with Crippen molar-refractivity contribution in [1.82, 2.24) is 10.2 Å². The molecule has 0 aromatic heterocycles. The standard InChI is InChI=1S/C25H24N2O4/c28-23(15-19-7-3-1-4-8-19)27(24(29)16-20-9-5-2-6-10-20)18-22-13-11-21(12-14-22)17-26-25(30)31/h1-14,26H,15-18H2,(H,30,31). The summed E-state index contributed by atoms with van der Waals surface area (Å²) in [6, 6.07) is 25.8. The lowest BCUT2D eigenvalue weighted by atomic mass is 10.1. The van der Waals surface area contributed by atoms with Crippen molar-refractivity contribution in [2.75, 3.05) is 0 Å². The van der Waals surface area contributed by atoms with Gasteiger partial charge in [0.15, 0.2) is 0 Å². The van der Waals surface area contributed by atoms with E-state index < -0.39 is 6.09 Å². The van der Waals surface area contributed by atoms with Crippen LogP contribution in [-0.2, 0) is 35.5 Å². The van der Waals surface area contributed by atoms with Gasteiger partial charge in [0.25, 0.3) is 0 Å². The average molecular weight is 416 g/mol. The molecule has 3 rings (SSSR count). The maximum Gasteiger partial charge on any atom is 0.404 e. The van der Waals surface area contributed by atoms with Crippen LogP contribution >= 0.6 is 0 Å². The van der Waals surface area contributed by atoms with E-state index in [1.54, 1.807) is 24.3 Å². The molecule has 0 heterocycles. The Morgan fingerprint density at radius 2 is 1.10 bits per heavy atom. The Kier molecular flexibility index (Phi) is 7.54. The van der Waals surface area contributed by atoms with Gasteiger partial charge in [0.1, 0.15) is 0 Å². The normalized spacial score (nSPS) is 10.3. The van der Waals surface area contributed by atoms with Crippen LogP contribution in [0, 0.1) is 0 Å².